The Kier molecular flexibility index (Phi) is 12.7. The molecular weight excluding hydrogens is 674 g/mol. The summed E-state index contributed by atoms with van der Waals surface area (Å²) in [5.41, 5.74) is 4.37. The van der Waals surface area contributed by atoms with Crippen molar-refractivity contribution in [1.82, 2.24) is 45.4 Å². The maximum atomic E-state index is 13.5. The molecule has 280 valence electrons. The van der Waals surface area contributed by atoms with Crippen molar-refractivity contribution in [2.75, 3.05) is 33.9 Å². The topological polar surface area (TPSA) is 170 Å². The molecule has 5 rings (SSSR count). The third kappa shape index (κ3) is 9.31. The van der Waals surface area contributed by atoms with Crippen molar-refractivity contribution in [2.45, 2.75) is 59.7 Å². The van der Waals surface area contributed by atoms with Crippen LogP contribution in [0.1, 0.15) is 52.2 Å². The van der Waals surface area contributed by atoms with Crippen molar-refractivity contribution < 1.29 is 23.9 Å². The number of amides is 3. The Labute approximate surface area is 309 Å². The van der Waals surface area contributed by atoms with Gasteiger partial charge in [-0.3, -0.25) is 14.6 Å². The maximum Gasteiger partial charge on any atom is 0.407 e. The summed E-state index contributed by atoms with van der Waals surface area (Å²) in [5, 5.41) is 8.61. The number of nitrogens with zero attached hydrogens (tertiary/aromatic N) is 5. The van der Waals surface area contributed by atoms with Gasteiger partial charge in [-0.05, 0) is 42.9 Å². The van der Waals surface area contributed by atoms with E-state index in [9.17, 15) is 14.4 Å². The standard InChI is InChI=1S/C39H49N9O5/c1-8-14-47(36(49)21-40-25(5)52-6)22-34-42-19-32(44-34)26-10-12-29-28(16-26)18-41-31-17-27(11-13-30(29)31)33-20-43-35(45-33)23-48(15-9-2)38(50)37(24(3)4)46-39(51)53-7/h10-13,16-20,24,37,40H,5,8-9,14-15,21-23H2,1-4,6-7H3,(H,42,44)(H,43,45)(H,46,51). The van der Waals surface area contributed by atoms with Gasteiger partial charge in [0.15, 0.2) is 5.88 Å². The van der Waals surface area contributed by atoms with Gasteiger partial charge in [0.25, 0.3) is 0 Å². The molecule has 0 saturated carbocycles. The predicted octanol–water partition coefficient (Wildman–Crippen LogP) is 5.73. The zero-order valence-corrected chi connectivity index (χ0v) is 31.3. The highest BCUT2D eigenvalue weighted by molar-refractivity contribution is 6.07. The van der Waals surface area contributed by atoms with Crippen molar-refractivity contribution in [3.8, 4) is 22.5 Å². The lowest BCUT2D eigenvalue weighted by Gasteiger charge is -2.28. The fourth-order valence-corrected chi connectivity index (χ4v) is 6.15. The van der Waals surface area contributed by atoms with Crippen LogP contribution in [0.25, 0.3) is 44.2 Å². The van der Waals surface area contributed by atoms with E-state index in [2.05, 4.69) is 61.4 Å². The number of ether oxygens (including phenoxy) is 2. The van der Waals surface area contributed by atoms with Crippen molar-refractivity contribution in [1.29, 1.82) is 0 Å². The number of pyridine rings is 1. The van der Waals surface area contributed by atoms with Crippen LogP contribution >= 0.6 is 0 Å². The fourth-order valence-electron chi connectivity index (χ4n) is 6.15. The first-order chi connectivity index (χ1) is 25.5. The highest BCUT2D eigenvalue weighted by Gasteiger charge is 2.29. The summed E-state index contributed by atoms with van der Waals surface area (Å²) in [6.07, 6.45) is 6.34. The maximum absolute atomic E-state index is 13.5. The second kappa shape index (κ2) is 17.5. The molecule has 0 saturated heterocycles. The second-order valence-corrected chi connectivity index (χ2v) is 13.2. The van der Waals surface area contributed by atoms with Crippen LogP contribution in [0, 0.1) is 5.92 Å². The molecule has 4 N–H and O–H groups in total. The van der Waals surface area contributed by atoms with E-state index < -0.39 is 12.1 Å². The third-order valence-electron chi connectivity index (χ3n) is 8.97. The largest absolute Gasteiger partial charge is 0.483 e. The molecule has 0 aliphatic heterocycles. The van der Waals surface area contributed by atoms with Crippen LogP contribution in [0.5, 0.6) is 0 Å². The van der Waals surface area contributed by atoms with Crippen molar-refractivity contribution in [3.05, 3.63) is 79.1 Å². The normalized spacial score (nSPS) is 11.8. The Morgan fingerprint density at radius 1 is 0.811 bits per heavy atom. The summed E-state index contributed by atoms with van der Waals surface area (Å²) in [6, 6.07) is 11.6. The van der Waals surface area contributed by atoms with Gasteiger partial charge in [-0.15, -0.1) is 0 Å². The predicted molar refractivity (Wildman–Crippen MR) is 204 cm³/mol. The van der Waals surface area contributed by atoms with Gasteiger partial charge >= 0.3 is 6.09 Å². The molecule has 0 bridgehead atoms. The molecule has 1 atom stereocenters. The third-order valence-corrected chi connectivity index (χ3v) is 8.97. The first-order valence-corrected chi connectivity index (χ1v) is 17.8. The number of benzene rings is 2. The van der Waals surface area contributed by atoms with Crippen LogP contribution < -0.4 is 10.6 Å². The van der Waals surface area contributed by atoms with Crippen LogP contribution in [-0.4, -0.2) is 92.5 Å². The second-order valence-electron chi connectivity index (χ2n) is 13.2. The molecule has 1 unspecified atom stereocenters. The molecule has 14 nitrogen and oxygen atoms in total. The number of carbonyl (C=O) groups is 3. The molecule has 0 spiro atoms. The molecule has 53 heavy (non-hydrogen) atoms. The van der Waals surface area contributed by atoms with E-state index >= 15 is 0 Å². The molecule has 0 fully saturated rings. The van der Waals surface area contributed by atoms with Gasteiger partial charge in [0.05, 0.1) is 63.2 Å². The van der Waals surface area contributed by atoms with E-state index in [-0.39, 0.29) is 30.8 Å². The van der Waals surface area contributed by atoms with Gasteiger partial charge < -0.3 is 39.9 Å². The molecule has 14 heteroatoms. The first kappa shape index (κ1) is 38.3. The number of fused-ring (bicyclic) bond motifs is 3. The van der Waals surface area contributed by atoms with Gasteiger partial charge in [-0.1, -0.05) is 52.0 Å². The number of imidazole rings is 2. The minimum absolute atomic E-state index is 0.0699. The Bertz CT molecular complexity index is 2070. The Hall–Kier alpha value is -5.92. The average Bonchev–Trinajstić information content (AvgIpc) is 3.84. The minimum atomic E-state index is -0.715. The lowest BCUT2D eigenvalue weighted by atomic mass is 10.0. The number of hydrogen-bond acceptors (Lipinski definition) is 9. The van der Waals surface area contributed by atoms with E-state index in [1.54, 1.807) is 22.2 Å². The SMILES string of the molecule is C=C(NCC(=O)N(CCC)Cc1ncc(-c2ccc3c(cnc4cc(-c5cnc(CN(CCC)C(=O)C(NC(=O)OC)C(C)C)[nH]5)ccc43)c2)[nH]1)OC. The minimum Gasteiger partial charge on any atom is -0.483 e. The summed E-state index contributed by atoms with van der Waals surface area (Å²) in [4.78, 5) is 62.4. The van der Waals surface area contributed by atoms with E-state index in [0.29, 0.717) is 37.2 Å². The van der Waals surface area contributed by atoms with E-state index in [0.717, 1.165) is 57.0 Å². The van der Waals surface area contributed by atoms with Crippen LogP contribution in [0.4, 0.5) is 4.79 Å². The molecule has 0 radical (unpaired) electrons. The number of alkyl carbamates (subject to hydrolysis) is 1. The summed E-state index contributed by atoms with van der Waals surface area (Å²) in [6.45, 7) is 13.3. The molecular formula is C39H49N9O5. The van der Waals surface area contributed by atoms with E-state index in [1.807, 2.05) is 46.0 Å². The molecule has 3 heterocycles. The van der Waals surface area contributed by atoms with Crippen LogP contribution in [0.2, 0.25) is 0 Å². The lowest BCUT2D eigenvalue weighted by molar-refractivity contribution is -0.135. The summed E-state index contributed by atoms with van der Waals surface area (Å²) in [7, 11) is 2.78. The Balaban J connectivity index is 1.31. The number of methoxy groups -OCH3 is 2. The number of H-pyrrole nitrogens is 2. The molecule has 0 aliphatic rings. The zero-order chi connectivity index (χ0) is 38.1. The molecule has 5 aromatic rings. The van der Waals surface area contributed by atoms with Gasteiger partial charge in [-0.2, -0.15) is 0 Å². The first-order valence-electron chi connectivity index (χ1n) is 17.8. The highest BCUT2D eigenvalue weighted by Crippen LogP contribution is 2.30. The average molecular weight is 724 g/mol. The number of carbonyl (C=O) groups excluding carboxylic acids is 3. The van der Waals surface area contributed by atoms with Gasteiger partial charge in [-0.25, -0.2) is 14.8 Å². The number of nitrogens with one attached hydrogen (secondary N) is 4. The number of aromatic amines is 2. The summed E-state index contributed by atoms with van der Waals surface area (Å²) in [5.74, 6) is 1.29. The monoisotopic (exact) mass is 723 g/mol. The van der Waals surface area contributed by atoms with Gasteiger partial charge in [0.1, 0.15) is 17.7 Å². The lowest BCUT2D eigenvalue weighted by Crippen LogP contribution is -2.51. The van der Waals surface area contributed by atoms with Crippen LogP contribution in [-0.2, 0) is 32.2 Å². The smallest absolute Gasteiger partial charge is 0.407 e. The van der Waals surface area contributed by atoms with E-state index in [1.165, 1.54) is 14.2 Å². The number of rotatable bonds is 17. The number of hydrogen-bond donors (Lipinski definition) is 4. The van der Waals surface area contributed by atoms with Crippen molar-refractivity contribution in [3.63, 3.8) is 0 Å². The molecule has 2 aromatic carbocycles. The summed E-state index contributed by atoms with van der Waals surface area (Å²) >= 11 is 0. The summed E-state index contributed by atoms with van der Waals surface area (Å²) < 4.78 is 9.75. The molecule has 3 amide bonds. The van der Waals surface area contributed by atoms with Crippen LogP contribution in [0.3, 0.4) is 0 Å². The van der Waals surface area contributed by atoms with E-state index in [4.69, 9.17) is 14.5 Å². The molecule has 0 aliphatic carbocycles. The zero-order valence-electron chi connectivity index (χ0n) is 31.3. The Morgan fingerprint density at radius 2 is 1.42 bits per heavy atom. The number of aromatic nitrogens is 5. The van der Waals surface area contributed by atoms with Crippen molar-refractivity contribution in [2.24, 2.45) is 5.92 Å². The van der Waals surface area contributed by atoms with Crippen molar-refractivity contribution >= 4 is 39.6 Å². The van der Waals surface area contributed by atoms with Gasteiger partial charge in [0.2, 0.25) is 11.8 Å². The molecule has 3 aromatic heterocycles. The van der Waals surface area contributed by atoms with Gasteiger partial charge in [0, 0.05) is 41.2 Å². The highest BCUT2D eigenvalue weighted by atomic mass is 16.5. The quantitative estimate of drug-likeness (QED) is 0.0691. The fraction of sp³-hybridized carbons (Fsp3) is 0.385. The Morgan fingerprint density at radius 3 is 2.02 bits per heavy atom. The van der Waals surface area contributed by atoms with Crippen LogP contribution in [0.15, 0.2) is 67.5 Å².